The monoisotopic (exact) mass is 621 g/mol. The zero-order chi connectivity index (χ0) is 30.2. The van der Waals surface area contributed by atoms with E-state index in [1.54, 1.807) is 49.4 Å². The maximum Gasteiger partial charge on any atom is 0.264 e. The zero-order valence-electron chi connectivity index (χ0n) is 23.2. The van der Waals surface area contributed by atoms with Crippen molar-refractivity contribution < 1.29 is 22.4 Å². The van der Waals surface area contributed by atoms with Crippen LogP contribution in [0.2, 0.25) is 10.0 Å². The summed E-state index contributed by atoms with van der Waals surface area (Å²) in [5, 5.41) is 3.60. The van der Waals surface area contributed by atoms with E-state index in [1.165, 1.54) is 4.90 Å². The first kappa shape index (κ1) is 32.4. The third-order valence-corrected chi connectivity index (χ3v) is 8.95. The number of halogens is 3. The summed E-state index contributed by atoms with van der Waals surface area (Å²) in [6.07, 6.45) is 1.94. The average molecular weight is 623 g/mol. The largest absolute Gasteiger partial charge is 0.354 e. The Hall–Kier alpha value is -3.14. The van der Waals surface area contributed by atoms with Gasteiger partial charge in [0.25, 0.3) is 10.0 Å². The van der Waals surface area contributed by atoms with E-state index in [0.717, 1.165) is 47.0 Å². The van der Waals surface area contributed by atoms with Crippen LogP contribution in [-0.2, 0) is 26.2 Å². The SMILES string of the molecule is CCCCNC(=O)[C@H](CC)N(Cc1ccc(Cl)cc1Cl)C(=O)CN(c1ccc(C)cc1)S(=O)(=O)c1ccc(F)cc1. The first-order chi connectivity index (χ1) is 19.5. The smallest absolute Gasteiger partial charge is 0.264 e. The molecule has 0 aliphatic heterocycles. The number of rotatable bonds is 13. The standard InChI is InChI=1S/C30H34Cl2FN3O4S/c1-4-6-17-34-30(38)28(5-2)35(19-22-9-10-23(31)18-27(22)32)29(37)20-36(25-13-7-21(3)8-14-25)41(39,40)26-15-11-24(33)12-16-26/h7-16,18,28H,4-6,17,19-20H2,1-3H3,(H,34,38)/t28-/m0/s1. The van der Waals surface area contributed by atoms with Gasteiger partial charge in [0.15, 0.2) is 0 Å². The molecule has 1 N–H and O–H groups in total. The van der Waals surface area contributed by atoms with Crippen LogP contribution in [0.15, 0.2) is 71.6 Å². The molecule has 0 bridgehead atoms. The second kappa shape index (κ2) is 14.7. The van der Waals surface area contributed by atoms with Gasteiger partial charge >= 0.3 is 0 Å². The number of benzene rings is 3. The van der Waals surface area contributed by atoms with Gasteiger partial charge in [-0.05, 0) is 73.9 Å². The van der Waals surface area contributed by atoms with Gasteiger partial charge in [0, 0.05) is 23.1 Å². The van der Waals surface area contributed by atoms with E-state index in [1.807, 2.05) is 13.8 Å². The number of anilines is 1. The number of hydrogen-bond acceptors (Lipinski definition) is 4. The fourth-order valence-corrected chi connectivity index (χ4v) is 6.12. The van der Waals surface area contributed by atoms with Crippen molar-refractivity contribution in [1.82, 2.24) is 10.2 Å². The van der Waals surface area contributed by atoms with Gasteiger partial charge in [-0.25, -0.2) is 12.8 Å². The van der Waals surface area contributed by atoms with Gasteiger partial charge in [0.2, 0.25) is 11.8 Å². The first-order valence-electron chi connectivity index (χ1n) is 13.3. The number of carbonyl (C=O) groups is 2. The van der Waals surface area contributed by atoms with Crippen LogP contribution in [0.4, 0.5) is 10.1 Å². The van der Waals surface area contributed by atoms with Crippen LogP contribution in [0.3, 0.4) is 0 Å². The second-order valence-electron chi connectivity index (χ2n) is 9.63. The molecule has 2 amide bonds. The topological polar surface area (TPSA) is 86.8 Å². The summed E-state index contributed by atoms with van der Waals surface area (Å²) in [4.78, 5) is 28.5. The van der Waals surface area contributed by atoms with Gasteiger partial charge in [0.05, 0.1) is 10.6 Å². The molecule has 0 heterocycles. The zero-order valence-corrected chi connectivity index (χ0v) is 25.6. The molecule has 3 aromatic carbocycles. The summed E-state index contributed by atoms with van der Waals surface area (Å²) in [5.74, 6) is -1.55. The van der Waals surface area contributed by atoms with Gasteiger partial charge < -0.3 is 10.2 Å². The van der Waals surface area contributed by atoms with E-state index in [-0.39, 0.29) is 29.5 Å². The molecule has 0 aromatic heterocycles. The van der Waals surface area contributed by atoms with Crippen molar-refractivity contribution in [3.8, 4) is 0 Å². The minimum Gasteiger partial charge on any atom is -0.354 e. The Morgan fingerprint density at radius 1 is 0.976 bits per heavy atom. The summed E-state index contributed by atoms with van der Waals surface area (Å²) in [6, 6.07) is 15.0. The molecular weight excluding hydrogens is 588 g/mol. The molecule has 0 fully saturated rings. The number of aryl methyl sites for hydroxylation is 1. The van der Waals surface area contributed by atoms with E-state index >= 15 is 0 Å². The van der Waals surface area contributed by atoms with Gasteiger partial charge in [-0.1, -0.05) is 67.2 Å². The summed E-state index contributed by atoms with van der Waals surface area (Å²) >= 11 is 12.5. The molecule has 3 rings (SSSR count). The maximum absolute atomic E-state index is 14.1. The number of sulfonamides is 1. The van der Waals surface area contributed by atoms with E-state index in [4.69, 9.17) is 23.2 Å². The number of nitrogens with zero attached hydrogens (tertiary/aromatic N) is 2. The molecular formula is C30H34Cl2FN3O4S. The van der Waals surface area contributed by atoms with Crippen LogP contribution in [0.5, 0.6) is 0 Å². The van der Waals surface area contributed by atoms with Crippen LogP contribution < -0.4 is 9.62 Å². The number of carbonyl (C=O) groups excluding carboxylic acids is 2. The maximum atomic E-state index is 14.1. The Bertz CT molecular complexity index is 1450. The number of unbranched alkanes of at least 4 members (excludes halogenated alkanes) is 1. The quantitative estimate of drug-likeness (QED) is 0.225. The van der Waals surface area contributed by atoms with Crippen LogP contribution >= 0.6 is 23.2 Å². The van der Waals surface area contributed by atoms with Crippen molar-refractivity contribution >= 4 is 50.7 Å². The predicted molar refractivity (Wildman–Crippen MR) is 161 cm³/mol. The summed E-state index contributed by atoms with van der Waals surface area (Å²) in [7, 11) is -4.29. The lowest BCUT2D eigenvalue weighted by Crippen LogP contribution is -2.52. The summed E-state index contributed by atoms with van der Waals surface area (Å²) < 4.78 is 42.2. The second-order valence-corrected chi connectivity index (χ2v) is 12.3. The van der Waals surface area contributed by atoms with Crippen molar-refractivity contribution in [2.45, 2.75) is 57.5 Å². The Morgan fingerprint density at radius 2 is 1.63 bits per heavy atom. The molecule has 7 nitrogen and oxygen atoms in total. The Morgan fingerprint density at radius 3 is 2.22 bits per heavy atom. The highest BCUT2D eigenvalue weighted by molar-refractivity contribution is 7.92. The Labute approximate surface area is 251 Å². The highest BCUT2D eigenvalue weighted by atomic mass is 35.5. The van der Waals surface area contributed by atoms with E-state index in [2.05, 4.69) is 5.32 Å². The molecule has 0 saturated carbocycles. The molecule has 41 heavy (non-hydrogen) atoms. The minimum atomic E-state index is -4.29. The molecule has 11 heteroatoms. The first-order valence-corrected chi connectivity index (χ1v) is 15.5. The molecule has 0 saturated heterocycles. The van der Waals surface area contributed by atoms with E-state index in [0.29, 0.717) is 22.2 Å². The lowest BCUT2D eigenvalue weighted by molar-refractivity contribution is -0.140. The summed E-state index contributed by atoms with van der Waals surface area (Å²) in [6.45, 7) is 5.43. The number of hydrogen-bond donors (Lipinski definition) is 1. The molecule has 0 radical (unpaired) electrons. The minimum absolute atomic E-state index is 0.0487. The molecule has 1 atom stereocenters. The molecule has 0 aliphatic rings. The molecule has 0 unspecified atom stereocenters. The molecule has 3 aromatic rings. The summed E-state index contributed by atoms with van der Waals surface area (Å²) in [5.41, 5.74) is 1.69. The van der Waals surface area contributed by atoms with Crippen molar-refractivity contribution in [2.24, 2.45) is 0 Å². The van der Waals surface area contributed by atoms with Crippen molar-refractivity contribution in [2.75, 3.05) is 17.4 Å². The van der Waals surface area contributed by atoms with Crippen LogP contribution in [0, 0.1) is 12.7 Å². The Balaban J connectivity index is 2.05. The van der Waals surface area contributed by atoms with Crippen LogP contribution in [0.1, 0.15) is 44.2 Å². The van der Waals surface area contributed by atoms with Gasteiger partial charge in [-0.15, -0.1) is 0 Å². The van der Waals surface area contributed by atoms with Crippen molar-refractivity contribution in [3.05, 3.63) is 93.7 Å². The molecule has 0 spiro atoms. The lowest BCUT2D eigenvalue weighted by atomic mass is 10.1. The number of nitrogens with one attached hydrogen (secondary N) is 1. The van der Waals surface area contributed by atoms with Crippen molar-refractivity contribution in [3.63, 3.8) is 0 Å². The highest BCUT2D eigenvalue weighted by Crippen LogP contribution is 2.27. The normalized spacial score (nSPS) is 12.0. The van der Waals surface area contributed by atoms with E-state index in [9.17, 15) is 22.4 Å². The third kappa shape index (κ3) is 8.44. The van der Waals surface area contributed by atoms with Crippen molar-refractivity contribution in [1.29, 1.82) is 0 Å². The van der Waals surface area contributed by atoms with Crippen LogP contribution in [-0.4, -0.2) is 44.3 Å². The highest BCUT2D eigenvalue weighted by Gasteiger charge is 2.34. The third-order valence-electron chi connectivity index (χ3n) is 6.57. The molecule has 0 aliphatic carbocycles. The molecule has 220 valence electrons. The average Bonchev–Trinajstić information content (AvgIpc) is 2.93. The fraction of sp³-hybridized carbons (Fsp3) is 0.333. The Kier molecular flexibility index (Phi) is 11.6. The predicted octanol–water partition coefficient (Wildman–Crippen LogP) is 6.36. The van der Waals surface area contributed by atoms with Gasteiger partial charge in [-0.2, -0.15) is 0 Å². The van der Waals surface area contributed by atoms with Gasteiger partial charge in [0.1, 0.15) is 18.4 Å². The lowest BCUT2D eigenvalue weighted by Gasteiger charge is -2.33. The van der Waals surface area contributed by atoms with E-state index < -0.39 is 34.3 Å². The number of amides is 2. The fourth-order valence-electron chi connectivity index (χ4n) is 4.23. The van der Waals surface area contributed by atoms with Gasteiger partial charge in [-0.3, -0.25) is 13.9 Å². The van der Waals surface area contributed by atoms with Crippen LogP contribution in [0.25, 0.3) is 0 Å².